The lowest BCUT2D eigenvalue weighted by Gasteiger charge is -2.44. The van der Waals surface area contributed by atoms with Gasteiger partial charge in [0.05, 0.1) is 0 Å². The Bertz CT molecular complexity index is 492. The number of nitrogens with zero attached hydrogens (tertiary/aromatic N) is 1. The van der Waals surface area contributed by atoms with Crippen LogP contribution in [0.3, 0.4) is 0 Å². The minimum Gasteiger partial charge on any atom is -0.329 e. The summed E-state index contributed by atoms with van der Waals surface area (Å²) in [4.78, 5) is 2.54. The van der Waals surface area contributed by atoms with E-state index < -0.39 is 0 Å². The molecule has 0 radical (unpaired) electrons. The Morgan fingerprint density at radius 2 is 1.90 bits per heavy atom. The standard InChI is InChI=1S/C17H24Cl2N2/c18-14-5-6-15(16(19)9-14)17(10-20)21-8-7-12-3-1-2-4-13(12)11-21/h5-6,9,12-13,17H,1-4,7-8,10-11,20H2. The Morgan fingerprint density at radius 3 is 2.62 bits per heavy atom. The molecular weight excluding hydrogens is 303 g/mol. The molecule has 3 unspecified atom stereocenters. The second-order valence-electron chi connectivity index (χ2n) is 6.51. The van der Waals surface area contributed by atoms with Crippen LogP contribution in [0, 0.1) is 11.8 Å². The maximum Gasteiger partial charge on any atom is 0.0485 e. The zero-order chi connectivity index (χ0) is 14.8. The number of benzene rings is 1. The summed E-state index contributed by atoms with van der Waals surface area (Å²) in [6.45, 7) is 2.92. The zero-order valence-electron chi connectivity index (χ0n) is 12.4. The SMILES string of the molecule is NCC(c1ccc(Cl)cc1Cl)N1CCC2CCCCC2C1. The van der Waals surface area contributed by atoms with Crippen LogP contribution in [0.5, 0.6) is 0 Å². The van der Waals surface area contributed by atoms with Crippen LogP contribution in [-0.4, -0.2) is 24.5 Å². The first-order chi connectivity index (χ1) is 10.2. The van der Waals surface area contributed by atoms with Crippen molar-refractivity contribution in [3.05, 3.63) is 33.8 Å². The van der Waals surface area contributed by atoms with Crippen molar-refractivity contribution in [3.8, 4) is 0 Å². The predicted molar refractivity (Wildman–Crippen MR) is 89.9 cm³/mol. The van der Waals surface area contributed by atoms with Crippen LogP contribution in [0.15, 0.2) is 18.2 Å². The molecule has 1 aromatic carbocycles. The molecule has 1 aromatic rings. The molecule has 1 heterocycles. The van der Waals surface area contributed by atoms with Gasteiger partial charge in [-0.2, -0.15) is 0 Å². The van der Waals surface area contributed by atoms with E-state index in [1.165, 1.54) is 38.6 Å². The van der Waals surface area contributed by atoms with Crippen molar-refractivity contribution in [3.63, 3.8) is 0 Å². The molecule has 3 atom stereocenters. The number of hydrogen-bond donors (Lipinski definition) is 1. The van der Waals surface area contributed by atoms with Crippen molar-refractivity contribution in [2.45, 2.75) is 38.1 Å². The third-order valence-electron chi connectivity index (χ3n) is 5.31. The smallest absolute Gasteiger partial charge is 0.0485 e. The summed E-state index contributed by atoms with van der Waals surface area (Å²) < 4.78 is 0. The highest BCUT2D eigenvalue weighted by molar-refractivity contribution is 6.35. The predicted octanol–water partition coefficient (Wildman–Crippen LogP) is 4.51. The quantitative estimate of drug-likeness (QED) is 0.885. The number of piperidine rings is 1. The van der Waals surface area contributed by atoms with Crippen molar-refractivity contribution in [1.29, 1.82) is 0 Å². The second kappa shape index (κ2) is 6.87. The van der Waals surface area contributed by atoms with Gasteiger partial charge in [0.2, 0.25) is 0 Å². The average molecular weight is 327 g/mol. The van der Waals surface area contributed by atoms with E-state index in [4.69, 9.17) is 28.9 Å². The fourth-order valence-electron chi connectivity index (χ4n) is 4.16. The van der Waals surface area contributed by atoms with Gasteiger partial charge in [-0.1, -0.05) is 48.5 Å². The summed E-state index contributed by atoms with van der Waals surface area (Å²) in [7, 11) is 0. The first-order valence-electron chi connectivity index (χ1n) is 8.08. The molecule has 1 aliphatic heterocycles. The van der Waals surface area contributed by atoms with Crippen LogP contribution >= 0.6 is 23.2 Å². The number of fused-ring (bicyclic) bond motifs is 1. The van der Waals surface area contributed by atoms with Gasteiger partial charge < -0.3 is 5.73 Å². The summed E-state index contributed by atoms with van der Waals surface area (Å²) in [5, 5.41) is 1.43. The van der Waals surface area contributed by atoms with Gasteiger partial charge >= 0.3 is 0 Å². The minimum absolute atomic E-state index is 0.220. The molecule has 2 nitrogen and oxygen atoms in total. The van der Waals surface area contributed by atoms with Crippen LogP contribution in [-0.2, 0) is 0 Å². The molecule has 1 saturated heterocycles. The molecule has 0 amide bonds. The highest BCUT2D eigenvalue weighted by atomic mass is 35.5. The second-order valence-corrected chi connectivity index (χ2v) is 7.35. The van der Waals surface area contributed by atoms with E-state index in [0.717, 1.165) is 29.0 Å². The van der Waals surface area contributed by atoms with Crippen LogP contribution in [0.25, 0.3) is 0 Å². The first-order valence-corrected chi connectivity index (χ1v) is 8.83. The van der Waals surface area contributed by atoms with E-state index in [2.05, 4.69) is 4.90 Å². The summed E-state index contributed by atoms with van der Waals surface area (Å²) >= 11 is 12.4. The Kier molecular flexibility index (Phi) is 5.11. The molecule has 4 heteroatoms. The third kappa shape index (κ3) is 3.39. The lowest BCUT2D eigenvalue weighted by molar-refractivity contribution is 0.0586. The Labute approximate surface area is 137 Å². The highest BCUT2D eigenvalue weighted by Gasteiger charge is 2.34. The van der Waals surface area contributed by atoms with Gasteiger partial charge in [0.25, 0.3) is 0 Å². The first kappa shape index (κ1) is 15.6. The number of likely N-dealkylation sites (tertiary alicyclic amines) is 1. The summed E-state index contributed by atoms with van der Waals surface area (Å²) in [6.07, 6.45) is 6.93. The van der Waals surface area contributed by atoms with Gasteiger partial charge in [-0.3, -0.25) is 4.90 Å². The largest absolute Gasteiger partial charge is 0.329 e. The van der Waals surface area contributed by atoms with Crippen molar-refractivity contribution in [1.82, 2.24) is 4.90 Å². The van der Waals surface area contributed by atoms with Crippen LogP contribution in [0.1, 0.15) is 43.7 Å². The normalized spacial score (nSPS) is 28.1. The molecule has 0 aromatic heterocycles. The van der Waals surface area contributed by atoms with Crippen LogP contribution < -0.4 is 5.73 Å². The van der Waals surface area contributed by atoms with Crippen LogP contribution in [0.2, 0.25) is 10.0 Å². The van der Waals surface area contributed by atoms with Gasteiger partial charge in [-0.15, -0.1) is 0 Å². The Balaban J connectivity index is 1.77. The van der Waals surface area contributed by atoms with Gasteiger partial charge in [-0.05, 0) is 48.9 Å². The number of nitrogens with two attached hydrogens (primary N) is 1. The minimum atomic E-state index is 0.220. The third-order valence-corrected chi connectivity index (χ3v) is 5.87. The van der Waals surface area contributed by atoms with E-state index in [9.17, 15) is 0 Å². The highest BCUT2D eigenvalue weighted by Crippen LogP contribution is 2.39. The summed E-state index contributed by atoms with van der Waals surface area (Å²) in [5.74, 6) is 1.79. The fourth-order valence-corrected chi connectivity index (χ4v) is 4.69. The lowest BCUT2D eigenvalue weighted by atomic mass is 9.74. The zero-order valence-corrected chi connectivity index (χ0v) is 13.9. The van der Waals surface area contributed by atoms with E-state index in [1.54, 1.807) is 0 Å². The number of hydrogen-bond acceptors (Lipinski definition) is 2. The van der Waals surface area contributed by atoms with E-state index in [0.29, 0.717) is 11.6 Å². The molecule has 0 bridgehead atoms. The summed E-state index contributed by atoms with van der Waals surface area (Å²) in [5.41, 5.74) is 7.20. The van der Waals surface area contributed by atoms with Gasteiger partial charge in [0.1, 0.15) is 0 Å². The topological polar surface area (TPSA) is 29.3 Å². The van der Waals surface area contributed by atoms with Crippen LogP contribution in [0.4, 0.5) is 0 Å². The molecule has 0 spiro atoms. The molecule has 3 rings (SSSR count). The van der Waals surface area contributed by atoms with Gasteiger partial charge in [0, 0.05) is 29.2 Å². The molecule has 2 fully saturated rings. The van der Waals surface area contributed by atoms with E-state index in [-0.39, 0.29) is 6.04 Å². The number of rotatable bonds is 3. The molecule has 1 saturated carbocycles. The van der Waals surface area contributed by atoms with E-state index in [1.807, 2.05) is 18.2 Å². The van der Waals surface area contributed by atoms with Crippen molar-refractivity contribution < 1.29 is 0 Å². The molecule has 2 aliphatic rings. The fraction of sp³-hybridized carbons (Fsp3) is 0.647. The Morgan fingerprint density at radius 1 is 1.14 bits per heavy atom. The molecule has 21 heavy (non-hydrogen) atoms. The van der Waals surface area contributed by atoms with E-state index >= 15 is 0 Å². The molecular formula is C17H24Cl2N2. The van der Waals surface area contributed by atoms with Crippen molar-refractivity contribution in [2.75, 3.05) is 19.6 Å². The summed E-state index contributed by atoms with van der Waals surface area (Å²) in [6, 6.07) is 6.00. The number of halogens is 2. The molecule has 2 N–H and O–H groups in total. The van der Waals surface area contributed by atoms with Crippen molar-refractivity contribution in [2.24, 2.45) is 17.6 Å². The lowest BCUT2D eigenvalue weighted by Crippen LogP contribution is -2.45. The maximum absolute atomic E-state index is 6.39. The van der Waals surface area contributed by atoms with Gasteiger partial charge in [-0.25, -0.2) is 0 Å². The monoisotopic (exact) mass is 326 g/mol. The Hall–Kier alpha value is -0.280. The van der Waals surface area contributed by atoms with Crippen molar-refractivity contribution >= 4 is 23.2 Å². The maximum atomic E-state index is 6.39. The van der Waals surface area contributed by atoms with Gasteiger partial charge in [0.15, 0.2) is 0 Å². The molecule has 1 aliphatic carbocycles. The molecule has 116 valence electrons. The average Bonchev–Trinajstić information content (AvgIpc) is 2.50.